The average Bonchev–Trinajstić information content (AvgIpc) is 3.01. The van der Waals surface area contributed by atoms with Gasteiger partial charge in [-0.25, -0.2) is 0 Å². The number of alkyl halides is 2. The number of ether oxygens (including phenoxy) is 1. The van der Waals surface area contributed by atoms with E-state index in [2.05, 4.69) is 25.4 Å². The van der Waals surface area contributed by atoms with Crippen LogP contribution in [0.2, 0.25) is 5.02 Å². The van der Waals surface area contributed by atoms with Crippen molar-refractivity contribution in [3.8, 4) is 16.9 Å². The van der Waals surface area contributed by atoms with E-state index < -0.39 is 6.61 Å². The third-order valence-corrected chi connectivity index (χ3v) is 3.38. The highest BCUT2D eigenvalue weighted by atomic mass is 35.5. The summed E-state index contributed by atoms with van der Waals surface area (Å²) in [6, 6.07) is 11.8. The molecule has 1 aromatic heterocycles. The molecular weight excluding hydrogens is 326 g/mol. The van der Waals surface area contributed by atoms with Crippen LogP contribution in [0.3, 0.4) is 0 Å². The standard InChI is InChI=1S/C15H11ClF2N4O/c16-11-3-1-2-10(8-11)12-6-9(7-14-19-21-22-20-14)4-5-13(12)23-15(17)18/h1-6,8,15H,7H2,(H,19,20,21,22). The summed E-state index contributed by atoms with van der Waals surface area (Å²) in [5.41, 5.74) is 2.04. The maximum atomic E-state index is 12.6. The minimum absolute atomic E-state index is 0.0825. The Hall–Kier alpha value is -2.54. The van der Waals surface area contributed by atoms with Crippen molar-refractivity contribution < 1.29 is 13.5 Å². The van der Waals surface area contributed by atoms with Gasteiger partial charge in [-0.05, 0) is 35.4 Å². The second-order valence-electron chi connectivity index (χ2n) is 4.72. The largest absolute Gasteiger partial charge is 0.434 e. The summed E-state index contributed by atoms with van der Waals surface area (Å²) in [4.78, 5) is 0. The molecule has 0 fully saturated rings. The van der Waals surface area contributed by atoms with Gasteiger partial charge < -0.3 is 4.74 Å². The summed E-state index contributed by atoms with van der Waals surface area (Å²) in [6.07, 6.45) is 0.416. The summed E-state index contributed by atoms with van der Waals surface area (Å²) in [5, 5.41) is 14.1. The van der Waals surface area contributed by atoms with Crippen molar-refractivity contribution in [3.05, 3.63) is 58.9 Å². The number of aromatic amines is 1. The molecule has 0 bridgehead atoms. The molecule has 0 saturated carbocycles. The van der Waals surface area contributed by atoms with E-state index in [-0.39, 0.29) is 5.75 Å². The van der Waals surface area contributed by atoms with Gasteiger partial charge in [0.2, 0.25) is 0 Å². The van der Waals surface area contributed by atoms with E-state index in [1.165, 1.54) is 6.07 Å². The lowest BCUT2D eigenvalue weighted by Crippen LogP contribution is -2.04. The first kappa shape index (κ1) is 15.4. The molecule has 1 N–H and O–H groups in total. The van der Waals surface area contributed by atoms with Gasteiger partial charge in [-0.2, -0.15) is 14.0 Å². The van der Waals surface area contributed by atoms with Gasteiger partial charge in [-0.15, -0.1) is 10.2 Å². The zero-order chi connectivity index (χ0) is 16.2. The number of halogens is 3. The maximum Gasteiger partial charge on any atom is 0.387 e. The van der Waals surface area contributed by atoms with Crippen molar-refractivity contribution in [2.45, 2.75) is 13.0 Å². The fourth-order valence-electron chi connectivity index (χ4n) is 2.21. The second-order valence-corrected chi connectivity index (χ2v) is 5.16. The van der Waals surface area contributed by atoms with Gasteiger partial charge in [0.15, 0.2) is 5.82 Å². The lowest BCUT2D eigenvalue weighted by molar-refractivity contribution is -0.0494. The molecule has 23 heavy (non-hydrogen) atoms. The zero-order valence-corrected chi connectivity index (χ0v) is 12.5. The van der Waals surface area contributed by atoms with Crippen LogP contribution < -0.4 is 4.74 Å². The number of tetrazole rings is 1. The third-order valence-electron chi connectivity index (χ3n) is 3.15. The van der Waals surface area contributed by atoms with Crippen LogP contribution >= 0.6 is 11.6 Å². The van der Waals surface area contributed by atoms with Gasteiger partial charge in [0, 0.05) is 17.0 Å². The van der Waals surface area contributed by atoms with Crippen molar-refractivity contribution in [2.24, 2.45) is 0 Å². The highest BCUT2D eigenvalue weighted by Crippen LogP contribution is 2.33. The smallest absolute Gasteiger partial charge is 0.387 e. The molecule has 0 atom stereocenters. The second kappa shape index (κ2) is 6.70. The molecule has 0 aliphatic carbocycles. The molecule has 3 rings (SSSR count). The van der Waals surface area contributed by atoms with Gasteiger partial charge in [0.1, 0.15) is 5.75 Å². The van der Waals surface area contributed by atoms with E-state index in [0.29, 0.717) is 28.4 Å². The molecule has 0 aliphatic rings. The topological polar surface area (TPSA) is 63.7 Å². The summed E-state index contributed by atoms with van der Waals surface area (Å²) in [5.74, 6) is 0.587. The Labute approximate surface area is 135 Å². The molecule has 3 aromatic rings. The Bertz CT molecular complexity index is 796. The highest BCUT2D eigenvalue weighted by Gasteiger charge is 2.13. The van der Waals surface area contributed by atoms with Crippen molar-refractivity contribution in [2.75, 3.05) is 0 Å². The molecule has 0 saturated heterocycles. The minimum atomic E-state index is -2.91. The quantitative estimate of drug-likeness (QED) is 0.771. The molecule has 0 radical (unpaired) electrons. The lowest BCUT2D eigenvalue weighted by Gasteiger charge is -2.13. The molecule has 0 amide bonds. The van der Waals surface area contributed by atoms with E-state index in [9.17, 15) is 8.78 Å². The number of nitrogens with zero attached hydrogens (tertiary/aromatic N) is 3. The Morgan fingerprint density at radius 1 is 1.17 bits per heavy atom. The van der Waals surface area contributed by atoms with E-state index in [0.717, 1.165) is 5.56 Å². The Kier molecular flexibility index (Phi) is 4.47. The fourth-order valence-corrected chi connectivity index (χ4v) is 2.40. The van der Waals surface area contributed by atoms with Crippen LogP contribution in [-0.2, 0) is 6.42 Å². The van der Waals surface area contributed by atoms with Crippen molar-refractivity contribution in [1.82, 2.24) is 20.6 Å². The molecule has 2 aromatic carbocycles. The Morgan fingerprint density at radius 2 is 2.04 bits per heavy atom. The van der Waals surface area contributed by atoms with E-state index in [1.807, 2.05) is 0 Å². The molecule has 1 heterocycles. The van der Waals surface area contributed by atoms with Crippen LogP contribution in [0.15, 0.2) is 42.5 Å². The van der Waals surface area contributed by atoms with Crippen LogP contribution in [0.4, 0.5) is 8.78 Å². The number of nitrogens with one attached hydrogen (secondary N) is 1. The van der Waals surface area contributed by atoms with Gasteiger partial charge in [-0.1, -0.05) is 35.0 Å². The van der Waals surface area contributed by atoms with Crippen LogP contribution in [0.5, 0.6) is 5.75 Å². The SMILES string of the molecule is FC(F)Oc1ccc(Cc2nn[nH]n2)cc1-c1cccc(Cl)c1. The third kappa shape index (κ3) is 3.81. The van der Waals surface area contributed by atoms with E-state index in [4.69, 9.17) is 11.6 Å². The number of H-pyrrole nitrogens is 1. The minimum Gasteiger partial charge on any atom is -0.434 e. The molecule has 5 nitrogen and oxygen atoms in total. The normalized spacial score (nSPS) is 11.0. The molecule has 0 unspecified atom stereocenters. The van der Waals surface area contributed by atoms with E-state index in [1.54, 1.807) is 36.4 Å². The first-order valence-corrected chi connectivity index (χ1v) is 7.05. The average molecular weight is 337 g/mol. The summed E-state index contributed by atoms with van der Waals surface area (Å²) in [7, 11) is 0. The molecule has 0 spiro atoms. The molecule has 0 aliphatic heterocycles. The number of aromatic nitrogens is 4. The van der Waals surface area contributed by atoms with Crippen LogP contribution in [0.25, 0.3) is 11.1 Å². The maximum absolute atomic E-state index is 12.6. The van der Waals surface area contributed by atoms with E-state index >= 15 is 0 Å². The van der Waals surface area contributed by atoms with Gasteiger partial charge in [0.05, 0.1) is 0 Å². The van der Waals surface area contributed by atoms with Gasteiger partial charge in [-0.3, -0.25) is 0 Å². The highest BCUT2D eigenvalue weighted by molar-refractivity contribution is 6.30. The van der Waals surface area contributed by atoms with Gasteiger partial charge >= 0.3 is 6.61 Å². The summed E-state index contributed by atoms with van der Waals surface area (Å²) < 4.78 is 29.8. The monoisotopic (exact) mass is 336 g/mol. The number of hydrogen-bond acceptors (Lipinski definition) is 4. The predicted octanol–water partition coefficient (Wildman–Crippen LogP) is 3.71. The van der Waals surface area contributed by atoms with Gasteiger partial charge in [0.25, 0.3) is 0 Å². The lowest BCUT2D eigenvalue weighted by atomic mass is 10.0. The summed E-state index contributed by atoms with van der Waals surface area (Å²) in [6.45, 7) is -2.91. The first-order valence-electron chi connectivity index (χ1n) is 6.68. The number of rotatable bonds is 5. The Morgan fingerprint density at radius 3 is 2.74 bits per heavy atom. The Balaban J connectivity index is 2.01. The fraction of sp³-hybridized carbons (Fsp3) is 0.133. The number of benzene rings is 2. The molecular formula is C15H11ClF2N4O. The zero-order valence-electron chi connectivity index (χ0n) is 11.7. The molecule has 118 valence electrons. The molecule has 8 heteroatoms. The van der Waals surface area contributed by atoms with Crippen molar-refractivity contribution in [3.63, 3.8) is 0 Å². The van der Waals surface area contributed by atoms with Crippen LogP contribution in [0, 0.1) is 0 Å². The predicted molar refractivity (Wildman–Crippen MR) is 80.5 cm³/mol. The van der Waals surface area contributed by atoms with Crippen molar-refractivity contribution >= 4 is 11.6 Å². The number of hydrogen-bond donors (Lipinski definition) is 1. The summed E-state index contributed by atoms with van der Waals surface area (Å²) >= 11 is 5.99. The first-order chi connectivity index (χ1) is 11.1. The van der Waals surface area contributed by atoms with Crippen LogP contribution in [-0.4, -0.2) is 27.2 Å². The van der Waals surface area contributed by atoms with Crippen LogP contribution in [0.1, 0.15) is 11.4 Å². The van der Waals surface area contributed by atoms with Crippen molar-refractivity contribution in [1.29, 1.82) is 0 Å².